The summed E-state index contributed by atoms with van der Waals surface area (Å²) < 4.78 is 22.2. The molecule has 6 rings (SSSR count). The third kappa shape index (κ3) is 6.09. The summed E-state index contributed by atoms with van der Waals surface area (Å²) in [6.07, 6.45) is 2.94. The number of likely N-dealkylation sites (N-methyl/N-ethyl adjacent to an activating group) is 1. The Labute approximate surface area is 260 Å². The zero-order valence-corrected chi connectivity index (χ0v) is 25.7. The van der Waals surface area contributed by atoms with E-state index >= 15 is 0 Å². The molecule has 0 saturated heterocycles. The van der Waals surface area contributed by atoms with E-state index in [1.807, 2.05) is 84.4 Å². The standard InChI is InChI=1S/C32H28N6O4S2/c1-36(44(41)24-11-7-4-8-12-24)17-18-38-26-14-13-23(37(2)31(40)22-9-5-3-6-10-22)19-25(26)34-32(38)35-30(39)29-16-15-28(43-29)27-20-33-21-42-27/h3-16,19-21H,17-18H2,1-2H3,(H,34,35,39)/p+1. The Morgan fingerprint density at radius 1 is 0.977 bits per heavy atom. The number of thiophene rings is 1. The molecule has 0 spiro atoms. The summed E-state index contributed by atoms with van der Waals surface area (Å²) in [5.41, 5.74) is 2.61. The SMILES string of the molecule is CN(C(=O)c1ccccc1)c1ccc2c(c1)nc(NC(=O)c1ccc(-c3cnco3)s1)n2CCN(C)[SH+](=O)c1ccccc1. The first kappa shape index (κ1) is 29.2. The molecule has 0 aliphatic heterocycles. The van der Waals surface area contributed by atoms with Crippen molar-refractivity contribution in [2.45, 2.75) is 11.4 Å². The molecule has 222 valence electrons. The summed E-state index contributed by atoms with van der Waals surface area (Å²) in [6, 6.07) is 27.5. The van der Waals surface area contributed by atoms with Crippen LogP contribution >= 0.6 is 11.3 Å². The van der Waals surface area contributed by atoms with E-state index in [2.05, 4.69) is 10.3 Å². The molecule has 0 fully saturated rings. The maximum Gasteiger partial charge on any atom is 0.268 e. The van der Waals surface area contributed by atoms with Crippen molar-refractivity contribution in [3.63, 3.8) is 0 Å². The second-order valence-electron chi connectivity index (χ2n) is 9.96. The Balaban J connectivity index is 1.29. The number of thiol groups is 1. The Morgan fingerprint density at radius 3 is 2.45 bits per heavy atom. The number of carbonyl (C=O) groups excluding carboxylic acids is 2. The van der Waals surface area contributed by atoms with Crippen LogP contribution in [0.3, 0.4) is 0 Å². The van der Waals surface area contributed by atoms with Gasteiger partial charge in [0, 0.05) is 31.9 Å². The van der Waals surface area contributed by atoms with Gasteiger partial charge in [0.2, 0.25) is 5.95 Å². The van der Waals surface area contributed by atoms with E-state index in [1.54, 1.807) is 40.6 Å². The number of nitrogens with zero attached hydrogens (tertiary/aromatic N) is 5. The van der Waals surface area contributed by atoms with Crippen LogP contribution < -0.4 is 10.2 Å². The van der Waals surface area contributed by atoms with E-state index in [-0.39, 0.29) is 11.8 Å². The maximum absolute atomic E-state index is 13.4. The highest BCUT2D eigenvalue weighted by Gasteiger charge is 2.22. The molecule has 12 heteroatoms. The van der Waals surface area contributed by atoms with E-state index in [4.69, 9.17) is 9.40 Å². The molecule has 0 aliphatic rings. The number of anilines is 2. The lowest BCUT2D eigenvalue weighted by Crippen LogP contribution is -2.26. The molecule has 3 heterocycles. The first-order chi connectivity index (χ1) is 21.4. The van der Waals surface area contributed by atoms with Gasteiger partial charge in [-0.15, -0.1) is 15.6 Å². The number of hydrogen-bond donors (Lipinski definition) is 1. The number of rotatable bonds is 10. The lowest BCUT2D eigenvalue weighted by molar-refractivity contribution is 0.0991. The van der Waals surface area contributed by atoms with Gasteiger partial charge in [0.25, 0.3) is 11.8 Å². The molecule has 0 bridgehead atoms. The quantitative estimate of drug-likeness (QED) is 0.150. The van der Waals surface area contributed by atoms with Crippen LogP contribution in [0.4, 0.5) is 11.6 Å². The smallest absolute Gasteiger partial charge is 0.268 e. The topological polar surface area (TPSA) is 114 Å². The first-order valence-electron chi connectivity index (χ1n) is 13.8. The summed E-state index contributed by atoms with van der Waals surface area (Å²) in [5.74, 6) is 0.456. The second-order valence-corrected chi connectivity index (χ2v) is 12.8. The number of benzene rings is 3. The van der Waals surface area contributed by atoms with Gasteiger partial charge in [-0.3, -0.25) is 14.9 Å². The molecule has 3 aromatic carbocycles. The monoisotopic (exact) mass is 625 g/mol. The van der Waals surface area contributed by atoms with Crippen LogP contribution in [0.15, 0.2) is 113 Å². The van der Waals surface area contributed by atoms with Crippen LogP contribution in [0.25, 0.3) is 21.7 Å². The van der Waals surface area contributed by atoms with Crippen molar-refractivity contribution in [2.24, 2.45) is 0 Å². The molecular formula is C32H29N6O4S2+. The van der Waals surface area contributed by atoms with Crippen molar-refractivity contribution in [2.75, 3.05) is 30.9 Å². The molecule has 44 heavy (non-hydrogen) atoms. The largest absolute Gasteiger partial charge is 0.443 e. The first-order valence-corrected chi connectivity index (χ1v) is 15.8. The van der Waals surface area contributed by atoms with Crippen molar-refractivity contribution in [1.82, 2.24) is 18.8 Å². The molecule has 0 radical (unpaired) electrons. The molecule has 1 unspecified atom stereocenters. The molecule has 0 aliphatic carbocycles. The number of oxazole rings is 1. The van der Waals surface area contributed by atoms with E-state index in [0.29, 0.717) is 46.4 Å². The second kappa shape index (κ2) is 12.8. The number of aromatic nitrogens is 3. The fourth-order valence-corrected chi connectivity index (χ4v) is 6.67. The predicted molar refractivity (Wildman–Crippen MR) is 173 cm³/mol. The van der Waals surface area contributed by atoms with Crippen molar-refractivity contribution >= 4 is 56.8 Å². The zero-order valence-electron chi connectivity index (χ0n) is 24.0. The average molecular weight is 626 g/mol. The van der Waals surface area contributed by atoms with Crippen molar-refractivity contribution < 1.29 is 18.2 Å². The molecule has 1 N–H and O–H groups in total. The molecule has 1 atom stereocenters. The number of nitrogens with one attached hydrogen (secondary N) is 1. The van der Waals surface area contributed by atoms with Gasteiger partial charge < -0.3 is 13.9 Å². The lowest BCUT2D eigenvalue weighted by atomic mass is 10.2. The highest BCUT2D eigenvalue weighted by Crippen LogP contribution is 2.30. The van der Waals surface area contributed by atoms with Gasteiger partial charge in [-0.1, -0.05) is 40.6 Å². The van der Waals surface area contributed by atoms with Crippen LogP contribution in [-0.4, -0.2) is 51.3 Å². The van der Waals surface area contributed by atoms with Gasteiger partial charge in [0.1, 0.15) is 0 Å². The van der Waals surface area contributed by atoms with Gasteiger partial charge in [0.05, 0.1) is 33.5 Å². The minimum atomic E-state index is -1.78. The minimum Gasteiger partial charge on any atom is -0.443 e. The molecular weight excluding hydrogens is 597 g/mol. The summed E-state index contributed by atoms with van der Waals surface area (Å²) in [6.45, 7) is 0.837. The molecule has 3 aromatic heterocycles. The Morgan fingerprint density at radius 2 is 1.73 bits per heavy atom. The molecule has 0 saturated carbocycles. The van der Waals surface area contributed by atoms with E-state index in [9.17, 15) is 13.8 Å². The third-order valence-corrected chi connectivity index (χ3v) is 9.77. The van der Waals surface area contributed by atoms with Gasteiger partial charge in [-0.05, 0) is 54.6 Å². The summed E-state index contributed by atoms with van der Waals surface area (Å²) >= 11 is 1.28. The number of hydrogen-bond acceptors (Lipinski definition) is 7. The van der Waals surface area contributed by atoms with Gasteiger partial charge in [-0.25, -0.2) is 9.97 Å². The van der Waals surface area contributed by atoms with Gasteiger partial charge >= 0.3 is 0 Å². The van der Waals surface area contributed by atoms with E-state index < -0.39 is 11.0 Å². The lowest BCUT2D eigenvalue weighted by Gasteiger charge is -2.17. The van der Waals surface area contributed by atoms with Crippen molar-refractivity contribution in [3.8, 4) is 10.6 Å². The minimum absolute atomic E-state index is 0.149. The highest BCUT2D eigenvalue weighted by atomic mass is 32.2. The zero-order chi connectivity index (χ0) is 30.6. The summed E-state index contributed by atoms with van der Waals surface area (Å²) in [7, 11) is 1.75. The van der Waals surface area contributed by atoms with E-state index in [1.165, 1.54) is 17.7 Å². The number of amides is 2. The predicted octanol–water partition coefficient (Wildman–Crippen LogP) is 5.88. The van der Waals surface area contributed by atoms with Crippen LogP contribution in [0.1, 0.15) is 20.0 Å². The van der Waals surface area contributed by atoms with Crippen molar-refractivity contribution in [3.05, 3.63) is 114 Å². The fraction of sp³-hybridized carbons (Fsp3) is 0.125. The maximum atomic E-state index is 13.4. The van der Waals surface area contributed by atoms with Crippen LogP contribution in [0, 0.1) is 0 Å². The Kier molecular flexibility index (Phi) is 8.46. The molecule has 10 nitrogen and oxygen atoms in total. The van der Waals surface area contributed by atoms with Crippen LogP contribution in [0.2, 0.25) is 0 Å². The molecule has 6 aromatic rings. The van der Waals surface area contributed by atoms with Crippen LogP contribution in [-0.2, 0) is 21.7 Å². The summed E-state index contributed by atoms with van der Waals surface area (Å²) in [4.78, 5) is 38.8. The Hall–Kier alpha value is -4.91. The molecule has 2 amide bonds. The normalized spacial score (nSPS) is 12.0. The van der Waals surface area contributed by atoms with Gasteiger partial charge in [-0.2, -0.15) is 0 Å². The average Bonchev–Trinajstić information content (AvgIpc) is 3.83. The Bertz CT molecular complexity index is 1940. The highest BCUT2D eigenvalue weighted by molar-refractivity contribution is 7.82. The van der Waals surface area contributed by atoms with Gasteiger partial charge in [0.15, 0.2) is 28.0 Å². The van der Waals surface area contributed by atoms with E-state index in [0.717, 1.165) is 15.3 Å². The third-order valence-electron chi connectivity index (χ3n) is 7.11. The number of carbonyl (C=O) groups is 2. The fourth-order valence-electron chi connectivity index (χ4n) is 4.72. The van der Waals surface area contributed by atoms with Crippen molar-refractivity contribution in [1.29, 1.82) is 0 Å². The number of fused-ring (bicyclic) bond motifs is 1. The number of imidazole rings is 1. The van der Waals surface area contributed by atoms with Crippen LogP contribution in [0.5, 0.6) is 0 Å². The summed E-state index contributed by atoms with van der Waals surface area (Å²) in [5, 5.41) is 2.96.